The lowest BCUT2D eigenvalue weighted by molar-refractivity contribution is -0.275. The van der Waals surface area contributed by atoms with Gasteiger partial charge < -0.3 is 40.4 Å². The topological polar surface area (TPSA) is 134 Å². The van der Waals surface area contributed by atoms with Crippen LogP contribution in [-0.4, -0.2) is 76.6 Å². The Morgan fingerprint density at radius 3 is 1.83 bits per heavy atom. The van der Waals surface area contributed by atoms with Crippen LogP contribution in [0.2, 0.25) is 0 Å². The van der Waals surface area contributed by atoms with Gasteiger partial charge in [-0.3, -0.25) is 4.79 Å². The molecular weight excluding hydrogens is 534 g/mol. The number of nitrogens with zero attached hydrogens (tertiary/aromatic N) is 1. The van der Waals surface area contributed by atoms with Crippen LogP contribution in [0.15, 0.2) is 91.0 Å². The molecule has 0 radical (unpaired) electrons. The van der Waals surface area contributed by atoms with E-state index in [0.717, 1.165) is 11.1 Å². The second kappa shape index (κ2) is 15.9. The van der Waals surface area contributed by atoms with Crippen LogP contribution < -0.4 is 20.5 Å². The molecule has 3 aromatic carbocycles. The van der Waals surface area contributed by atoms with Gasteiger partial charge >= 0.3 is 0 Å². The standard InChI is InChI=1S/C33H43N3O6/c1-33(2,3)36(32(40)41)28(20-25-15-9-5-10-16-25)30(38)22-34-21-29(37)27(19-24-13-7-4-8-14-24)35-31(39)23-42-26-17-11-6-12-18-26/h4-18,27-30,34,37-38H,19-23H2,1-3H3,(H,35,39)(H,40,41)/p-1/t27-,28-,29+,30+/m0/s1. The molecule has 0 aliphatic carbocycles. The second-order valence-corrected chi connectivity index (χ2v) is 11.3. The molecule has 3 aromatic rings. The molecule has 0 aliphatic rings. The number of nitrogens with one attached hydrogen (secondary N) is 2. The molecule has 0 spiro atoms. The van der Waals surface area contributed by atoms with Crippen molar-refractivity contribution in [2.75, 3.05) is 19.7 Å². The summed E-state index contributed by atoms with van der Waals surface area (Å²) >= 11 is 0. The summed E-state index contributed by atoms with van der Waals surface area (Å²) in [5.74, 6) is 0.186. The maximum Gasteiger partial charge on any atom is 0.258 e. The summed E-state index contributed by atoms with van der Waals surface area (Å²) in [5, 5.41) is 40.4. The Hall–Kier alpha value is -3.92. The highest BCUT2D eigenvalue weighted by atomic mass is 16.5. The lowest BCUT2D eigenvalue weighted by Crippen LogP contribution is -2.62. The second-order valence-electron chi connectivity index (χ2n) is 11.3. The smallest absolute Gasteiger partial charge is 0.258 e. The van der Waals surface area contributed by atoms with Crippen LogP contribution in [0, 0.1) is 0 Å². The molecule has 0 bridgehead atoms. The van der Waals surface area contributed by atoms with E-state index < -0.39 is 35.9 Å². The molecule has 0 aliphatic heterocycles. The molecule has 4 N–H and O–H groups in total. The fourth-order valence-corrected chi connectivity index (χ4v) is 4.88. The van der Waals surface area contributed by atoms with Gasteiger partial charge in [0.05, 0.1) is 24.3 Å². The van der Waals surface area contributed by atoms with Crippen LogP contribution in [0.4, 0.5) is 4.79 Å². The van der Waals surface area contributed by atoms with Gasteiger partial charge in [-0.2, -0.15) is 0 Å². The third-order valence-corrected chi connectivity index (χ3v) is 6.91. The first-order valence-electron chi connectivity index (χ1n) is 14.2. The quantitative estimate of drug-likeness (QED) is 0.218. The Balaban J connectivity index is 1.65. The van der Waals surface area contributed by atoms with Gasteiger partial charge in [0.25, 0.3) is 5.91 Å². The summed E-state index contributed by atoms with van der Waals surface area (Å²) in [4.78, 5) is 26.1. The Kier molecular flexibility index (Phi) is 12.3. The molecule has 42 heavy (non-hydrogen) atoms. The highest BCUT2D eigenvalue weighted by Gasteiger charge is 2.34. The van der Waals surface area contributed by atoms with Crippen LogP contribution in [0.25, 0.3) is 0 Å². The first-order chi connectivity index (χ1) is 20.0. The van der Waals surface area contributed by atoms with Gasteiger partial charge in [-0.1, -0.05) is 78.9 Å². The van der Waals surface area contributed by atoms with Crippen molar-refractivity contribution in [3.63, 3.8) is 0 Å². The van der Waals surface area contributed by atoms with Crippen molar-refractivity contribution in [3.05, 3.63) is 102 Å². The molecule has 9 nitrogen and oxygen atoms in total. The predicted octanol–water partition coefficient (Wildman–Crippen LogP) is 2.16. The number of rotatable bonds is 15. The maximum atomic E-state index is 12.7. The summed E-state index contributed by atoms with van der Waals surface area (Å²) in [6.07, 6.45) is -2.82. The largest absolute Gasteiger partial charge is 0.530 e. The number of carbonyl (C=O) groups excluding carboxylic acids is 2. The van der Waals surface area contributed by atoms with E-state index in [1.165, 1.54) is 4.90 Å². The van der Waals surface area contributed by atoms with Gasteiger partial charge in [-0.15, -0.1) is 0 Å². The maximum absolute atomic E-state index is 12.7. The molecule has 0 unspecified atom stereocenters. The number of carboxylic acid groups (broad SMARTS) is 1. The van der Waals surface area contributed by atoms with E-state index in [1.54, 1.807) is 32.9 Å². The Bertz CT molecular complexity index is 1220. The fourth-order valence-electron chi connectivity index (χ4n) is 4.88. The van der Waals surface area contributed by atoms with Crippen molar-refractivity contribution < 1.29 is 29.6 Å². The van der Waals surface area contributed by atoms with E-state index in [4.69, 9.17) is 4.74 Å². The number of carbonyl (C=O) groups is 2. The Labute approximate surface area is 248 Å². The summed E-state index contributed by atoms with van der Waals surface area (Å²) < 4.78 is 5.56. The molecule has 0 saturated heterocycles. The average Bonchev–Trinajstić information content (AvgIpc) is 2.96. The molecule has 3 rings (SSSR count). The molecule has 0 fully saturated rings. The number of benzene rings is 3. The number of hydrogen-bond acceptors (Lipinski definition) is 7. The SMILES string of the molecule is CC(C)(C)N(C(=O)[O-])[C@@H](Cc1ccccc1)[C@H](O)CNC[C@@H](O)[C@H](Cc1ccccc1)NC(=O)COc1ccccc1. The van der Waals surface area contributed by atoms with E-state index in [9.17, 15) is 24.9 Å². The van der Waals surface area contributed by atoms with Crippen molar-refractivity contribution in [1.29, 1.82) is 0 Å². The number of ether oxygens (including phenoxy) is 1. The third kappa shape index (κ3) is 10.5. The van der Waals surface area contributed by atoms with Crippen LogP contribution >= 0.6 is 0 Å². The lowest BCUT2D eigenvalue weighted by Gasteiger charge is -2.45. The van der Waals surface area contributed by atoms with Crippen LogP contribution in [-0.2, 0) is 17.6 Å². The molecule has 0 heterocycles. The van der Waals surface area contributed by atoms with Gasteiger partial charge in [-0.25, -0.2) is 0 Å². The van der Waals surface area contributed by atoms with E-state index in [0.29, 0.717) is 12.2 Å². The van der Waals surface area contributed by atoms with Crippen molar-refractivity contribution in [2.45, 2.75) is 63.4 Å². The van der Waals surface area contributed by atoms with Gasteiger partial charge in [0.15, 0.2) is 6.61 Å². The van der Waals surface area contributed by atoms with E-state index in [1.807, 2.05) is 78.9 Å². The molecule has 2 amide bonds. The van der Waals surface area contributed by atoms with Gasteiger partial charge in [-0.05, 0) is 56.9 Å². The molecule has 0 aromatic heterocycles. The summed E-state index contributed by atoms with van der Waals surface area (Å²) in [6, 6.07) is 26.4. The van der Waals surface area contributed by atoms with Crippen LogP contribution in [0.1, 0.15) is 31.9 Å². The average molecular weight is 577 g/mol. The van der Waals surface area contributed by atoms with Crippen molar-refractivity contribution >= 4 is 12.0 Å². The predicted molar refractivity (Wildman–Crippen MR) is 160 cm³/mol. The fraction of sp³-hybridized carbons (Fsp3) is 0.394. The minimum absolute atomic E-state index is 0.0115. The Morgan fingerprint density at radius 2 is 1.31 bits per heavy atom. The zero-order chi connectivity index (χ0) is 30.5. The van der Waals surface area contributed by atoms with E-state index in [-0.39, 0.29) is 32.0 Å². The Morgan fingerprint density at radius 1 is 0.810 bits per heavy atom. The molecule has 0 saturated carbocycles. The number of para-hydroxylation sites is 1. The number of amides is 2. The number of aliphatic hydroxyl groups excluding tert-OH is 2. The normalized spacial score (nSPS) is 14.3. The van der Waals surface area contributed by atoms with E-state index in [2.05, 4.69) is 10.6 Å². The molecule has 4 atom stereocenters. The zero-order valence-electron chi connectivity index (χ0n) is 24.5. The third-order valence-electron chi connectivity index (χ3n) is 6.91. The molecule has 9 heteroatoms. The summed E-state index contributed by atoms with van der Waals surface area (Å²) in [7, 11) is 0. The summed E-state index contributed by atoms with van der Waals surface area (Å²) in [6.45, 7) is 5.11. The van der Waals surface area contributed by atoms with E-state index >= 15 is 0 Å². The summed E-state index contributed by atoms with van der Waals surface area (Å²) in [5.41, 5.74) is 0.995. The first kappa shape index (κ1) is 32.6. The van der Waals surface area contributed by atoms with Gasteiger partial charge in [0, 0.05) is 18.6 Å². The number of aliphatic hydroxyl groups is 2. The zero-order valence-corrected chi connectivity index (χ0v) is 24.5. The molecule has 226 valence electrons. The van der Waals surface area contributed by atoms with Crippen molar-refractivity contribution in [3.8, 4) is 5.75 Å². The van der Waals surface area contributed by atoms with Gasteiger partial charge in [0.2, 0.25) is 0 Å². The minimum Gasteiger partial charge on any atom is -0.530 e. The van der Waals surface area contributed by atoms with Crippen molar-refractivity contribution in [2.24, 2.45) is 0 Å². The minimum atomic E-state index is -1.37. The monoisotopic (exact) mass is 576 g/mol. The van der Waals surface area contributed by atoms with Crippen molar-refractivity contribution in [1.82, 2.24) is 15.5 Å². The van der Waals surface area contributed by atoms with Gasteiger partial charge in [0.1, 0.15) is 11.8 Å². The van der Waals surface area contributed by atoms with Crippen LogP contribution in [0.5, 0.6) is 5.75 Å². The molecular formula is C33H42N3O6-. The number of hydrogen-bond donors (Lipinski definition) is 4. The highest BCUT2D eigenvalue weighted by Crippen LogP contribution is 2.22. The van der Waals surface area contributed by atoms with Crippen LogP contribution in [0.3, 0.4) is 0 Å². The lowest BCUT2D eigenvalue weighted by atomic mass is 9.94. The highest BCUT2D eigenvalue weighted by molar-refractivity contribution is 5.78. The first-order valence-corrected chi connectivity index (χ1v) is 14.2.